The third-order valence-electron chi connectivity index (χ3n) is 3.79. The largest absolute Gasteiger partial charge is 0.295 e. The molecule has 0 fully saturated rings. The maximum absolute atomic E-state index is 11.3. The Kier molecular flexibility index (Phi) is 6.93. The van der Waals surface area contributed by atoms with Crippen LogP contribution in [0.25, 0.3) is 0 Å². The molecule has 0 aromatic heterocycles. The second-order valence-electron chi connectivity index (χ2n) is 6.11. The van der Waals surface area contributed by atoms with Crippen molar-refractivity contribution in [3.05, 3.63) is 41.6 Å². The van der Waals surface area contributed by atoms with Gasteiger partial charge in [0.1, 0.15) is 8.07 Å². The van der Waals surface area contributed by atoms with Gasteiger partial charge in [0.15, 0.2) is 5.78 Å². The molecule has 0 amide bonds. The van der Waals surface area contributed by atoms with Crippen LogP contribution in [0, 0.1) is 0 Å². The van der Waals surface area contributed by atoms with Crippen LogP contribution in [0.2, 0.25) is 13.1 Å². The van der Waals surface area contributed by atoms with Crippen LogP contribution in [0.4, 0.5) is 0 Å². The lowest BCUT2D eigenvalue weighted by atomic mass is 10.1. The lowest BCUT2D eigenvalue weighted by Gasteiger charge is -2.18. The first-order chi connectivity index (χ1) is 9.47. The van der Waals surface area contributed by atoms with Crippen LogP contribution in [0.15, 0.2) is 36.0 Å². The molecule has 0 bridgehead atoms. The number of unbranched alkanes of at least 4 members (excludes halogenated alkanes) is 4. The zero-order chi connectivity index (χ0) is 15.0. The van der Waals surface area contributed by atoms with Gasteiger partial charge in [-0.15, -0.1) is 0 Å². The lowest BCUT2D eigenvalue weighted by Crippen LogP contribution is -2.39. The van der Waals surface area contributed by atoms with Crippen LogP contribution in [0.3, 0.4) is 0 Å². The van der Waals surface area contributed by atoms with Crippen LogP contribution >= 0.6 is 0 Å². The fraction of sp³-hybridized carbons (Fsp3) is 0.500. The van der Waals surface area contributed by atoms with Crippen molar-refractivity contribution in [2.45, 2.75) is 59.0 Å². The molecule has 0 aliphatic carbocycles. The SMILES string of the molecule is CCCCCC/C=C/[Si](C)(C)c1ccc(C(C)=O)cc1. The van der Waals surface area contributed by atoms with Gasteiger partial charge in [-0.25, -0.2) is 0 Å². The Balaban J connectivity index is 2.58. The summed E-state index contributed by atoms with van der Waals surface area (Å²) in [6, 6.07) is 8.18. The van der Waals surface area contributed by atoms with Gasteiger partial charge in [0.05, 0.1) is 0 Å². The minimum Gasteiger partial charge on any atom is -0.295 e. The molecular weight excluding hydrogens is 260 g/mol. The second-order valence-corrected chi connectivity index (χ2v) is 10.5. The van der Waals surface area contributed by atoms with Crippen LogP contribution in [-0.4, -0.2) is 13.9 Å². The quantitative estimate of drug-likeness (QED) is 0.379. The predicted octanol–water partition coefficient (Wildman–Crippen LogP) is 4.87. The molecule has 0 aliphatic rings. The Labute approximate surface area is 125 Å². The van der Waals surface area contributed by atoms with Crippen molar-refractivity contribution in [2.24, 2.45) is 0 Å². The average molecular weight is 289 g/mol. The first kappa shape index (κ1) is 16.9. The van der Waals surface area contributed by atoms with Gasteiger partial charge in [-0.3, -0.25) is 4.79 Å². The van der Waals surface area contributed by atoms with Gasteiger partial charge in [0, 0.05) is 5.56 Å². The molecule has 1 aromatic rings. The van der Waals surface area contributed by atoms with E-state index in [4.69, 9.17) is 0 Å². The molecule has 0 saturated heterocycles. The average Bonchev–Trinajstić information content (AvgIpc) is 2.43. The van der Waals surface area contributed by atoms with E-state index in [1.165, 1.54) is 37.3 Å². The third kappa shape index (κ3) is 5.46. The highest BCUT2D eigenvalue weighted by Crippen LogP contribution is 2.09. The minimum atomic E-state index is -1.50. The maximum Gasteiger partial charge on any atom is 0.159 e. The molecule has 0 heterocycles. The Bertz CT molecular complexity index is 443. The summed E-state index contributed by atoms with van der Waals surface area (Å²) in [6.45, 7) is 8.58. The topological polar surface area (TPSA) is 17.1 Å². The highest BCUT2D eigenvalue weighted by molar-refractivity contribution is 6.93. The van der Waals surface area contributed by atoms with E-state index in [0.717, 1.165) is 5.56 Å². The van der Waals surface area contributed by atoms with Gasteiger partial charge >= 0.3 is 0 Å². The number of benzene rings is 1. The van der Waals surface area contributed by atoms with Gasteiger partial charge in [-0.1, -0.05) is 80.5 Å². The fourth-order valence-corrected chi connectivity index (χ4v) is 4.27. The number of Topliss-reactive ketones (excluding diaryl/α,β-unsaturated/α-hetero) is 1. The van der Waals surface area contributed by atoms with E-state index in [1.807, 2.05) is 12.1 Å². The van der Waals surface area contributed by atoms with E-state index in [9.17, 15) is 4.79 Å². The minimum absolute atomic E-state index is 0.141. The number of ketones is 1. The van der Waals surface area contributed by atoms with E-state index in [-0.39, 0.29) is 5.78 Å². The standard InChI is InChI=1S/C18H28OSi/c1-5-6-7-8-9-10-15-20(3,4)18-13-11-17(12-14-18)16(2)19/h10-15H,5-9H2,1-4H3/b15-10+. The maximum atomic E-state index is 11.3. The van der Waals surface area contributed by atoms with Crippen molar-refractivity contribution in [3.63, 3.8) is 0 Å². The summed E-state index contributed by atoms with van der Waals surface area (Å²) >= 11 is 0. The Hall–Kier alpha value is -1.15. The summed E-state index contributed by atoms with van der Waals surface area (Å²) in [5.74, 6) is 0.141. The van der Waals surface area contributed by atoms with Gasteiger partial charge in [-0.2, -0.15) is 0 Å². The summed E-state index contributed by atoms with van der Waals surface area (Å²) in [6.07, 6.45) is 8.85. The number of hydrogen-bond acceptors (Lipinski definition) is 1. The van der Waals surface area contributed by atoms with Crippen molar-refractivity contribution in [3.8, 4) is 0 Å². The molecule has 1 rings (SSSR count). The summed E-state index contributed by atoms with van der Waals surface area (Å²) in [7, 11) is -1.50. The predicted molar refractivity (Wildman–Crippen MR) is 91.5 cm³/mol. The van der Waals surface area contributed by atoms with E-state index < -0.39 is 8.07 Å². The Morgan fingerprint density at radius 3 is 2.30 bits per heavy atom. The summed E-state index contributed by atoms with van der Waals surface area (Å²) in [4.78, 5) is 11.3. The molecule has 2 heteroatoms. The molecule has 0 saturated carbocycles. The molecule has 0 spiro atoms. The molecule has 0 radical (unpaired) electrons. The van der Waals surface area contributed by atoms with Crippen LogP contribution in [0.1, 0.15) is 56.3 Å². The van der Waals surface area contributed by atoms with Gasteiger partial charge in [0.2, 0.25) is 0 Å². The van der Waals surface area contributed by atoms with Crippen molar-refractivity contribution in [1.29, 1.82) is 0 Å². The number of carbonyl (C=O) groups excluding carboxylic acids is 1. The molecule has 0 N–H and O–H groups in total. The Morgan fingerprint density at radius 2 is 1.75 bits per heavy atom. The van der Waals surface area contributed by atoms with Gasteiger partial charge < -0.3 is 0 Å². The summed E-state index contributed by atoms with van der Waals surface area (Å²) < 4.78 is 0. The van der Waals surface area contributed by atoms with Gasteiger partial charge in [0.25, 0.3) is 0 Å². The molecule has 0 aliphatic heterocycles. The molecule has 0 unspecified atom stereocenters. The number of rotatable bonds is 8. The van der Waals surface area contributed by atoms with E-state index in [0.29, 0.717) is 0 Å². The first-order valence-corrected chi connectivity index (χ1v) is 10.8. The number of hydrogen-bond donors (Lipinski definition) is 0. The Morgan fingerprint density at radius 1 is 1.10 bits per heavy atom. The zero-order valence-electron chi connectivity index (χ0n) is 13.4. The van der Waals surface area contributed by atoms with Crippen LogP contribution < -0.4 is 5.19 Å². The van der Waals surface area contributed by atoms with E-state index in [2.05, 4.69) is 43.9 Å². The highest BCUT2D eigenvalue weighted by atomic mass is 28.3. The monoisotopic (exact) mass is 288 g/mol. The normalized spacial score (nSPS) is 12.0. The van der Waals surface area contributed by atoms with Gasteiger partial charge in [-0.05, 0) is 19.8 Å². The van der Waals surface area contributed by atoms with Crippen LogP contribution in [0.5, 0.6) is 0 Å². The fourth-order valence-electron chi connectivity index (χ4n) is 2.30. The van der Waals surface area contributed by atoms with E-state index >= 15 is 0 Å². The highest BCUT2D eigenvalue weighted by Gasteiger charge is 2.19. The summed E-state index contributed by atoms with van der Waals surface area (Å²) in [5, 5.41) is 1.40. The van der Waals surface area contributed by atoms with Crippen LogP contribution in [-0.2, 0) is 0 Å². The van der Waals surface area contributed by atoms with Crippen molar-refractivity contribution >= 4 is 19.0 Å². The molecule has 110 valence electrons. The third-order valence-corrected chi connectivity index (χ3v) is 6.68. The van der Waals surface area contributed by atoms with E-state index in [1.54, 1.807) is 6.92 Å². The number of carbonyl (C=O) groups is 1. The zero-order valence-corrected chi connectivity index (χ0v) is 14.4. The summed E-state index contributed by atoms with van der Waals surface area (Å²) in [5.41, 5.74) is 3.24. The van der Waals surface area contributed by atoms with Crippen molar-refractivity contribution in [2.75, 3.05) is 0 Å². The first-order valence-electron chi connectivity index (χ1n) is 7.76. The smallest absolute Gasteiger partial charge is 0.159 e. The molecule has 0 atom stereocenters. The molecule has 1 nitrogen and oxygen atoms in total. The number of allylic oxidation sites excluding steroid dienone is 1. The van der Waals surface area contributed by atoms with Crippen molar-refractivity contribution in [1.82, 2.24) is 0 Å². The molecule has 1 aromatic carbocycles. The lowest BCUT2D eigenvalue weighted by molar-refractivity contribution is 0.101. The second kappa shape index (κ2) is 8.20. The molecular formula is C18H28OSi. The van der Waals surface area contributed by atoms with Crippen molar-refractivity contribution < 1.29 is 4.79 Å². The molecule has 20 heavy (non-hydrogen) atoms.